The summed E-state index contributed by atoms with van der Waals surface area (Å²) in [6, 6.07) is 18.9. The highest BCUT2D eigenvalue weighted by molar-refractivity contribution is 6.21. The molecule has 6 nitrogen and oxygen atoms in total. The van der Waals surface area contributed by atoms with Crippen molar-refractivity contribution in [3.8, 4) is 16.9 Å². The molecule has 0 aromatic heterocycles. The number of imide groups is 1. The first-order chi connectivity index (χ1) is 14.0. The minimum atomic E-state index is -0.823. The number of ether oxygens (including phenoxy) is 1. The molecule has 4 rings (SSSR count). The molecule has 0 bridgehead atoms. The van der Waals surface area contributed by atoms with E-state index in [1.807, 2.05) is 31.2 Å². The van der Waals surface area contributed by atoms with Crippen molar-refractivity contribution in [1.29, 1.82) is 0 Å². The van der Waals surface area contributed by atoms with Gasteiger partial charge < -0.3 is 9.57 Å². The molecule has 0 atom stereocenters. The van der Waals surface area contributed by atoms with Crippen molar-refractivity contribution in [3.63, 3.8) is 0 Å². The molecule has 0 spiro atoms. The Hall–Kier alpha value is -3.93. The van der Waals surface area contributed by atoms with Gasteiger partial charge >= 0.3 is 5.97 Å². The van der Waals surface area contributed by atoms with Crippen LogP contribution < -0.4 is 4.74 Å². The normalized spacial score (nSPS) is 12.7. The molecule has 0 unspecified atom stereocenters. The van der Waals surface area contributed by atoms with Crippen molar-refractivity contribution < 1.29 is 24.0 Å². The number of hydroxylamine groups is 2. The monoisotopic (exact) mass is 387 g/mol. The molecule has 2 amide bonds. The Morgan fingerprint density at radius 2 is 1.38 bits per heavy atom. The van der Waals surface area contributed by atoms with E-state index in [2.05, 4.69) is 0 Å². The van der Waals surface area contributed by atoms with Crippen LogP contribution in [0.4, 0.5) is 0 Å². The fraction of sp³-hybridized carbons (Fsp3) is 0.0870. The van der Waals surface area contributed by atoms with E-state index in [-0.39, 0.29) is 16.7 Å². The standard InChI is InChI=1S/C23H17NO5/c1-14-7-3-4-8-16(14)17-12-11-15(28-2)13-20(17)23(27)29-24-21(25)18-9-5-6-10-19(18)22(24)26/h3-13H,1-2H3. The van der Waals surface area contributed by atoms with Gasteiger partial charge in [0.15, 0.2) is 0 Å². The maximum Gasteiger partial charge on any atom is 0.364 e. The van der Waals surface area contributed by atoms with E-state index in [9.17, 15) is 14.4 Å². The molecule has 0 aliphatic carbocycles. The highest BCUT2D eigenvalue weighted by Crippen LogP contribution is 2.31. The van der Waals surface area contributed by atoms with Crippen molar-refractivity contribution in [1.82, 2.24) is 5.06 Å². The molecule has 0 N–H and O–H groups in total. The van der Waals surface area contributed by atoms with Crippen LogP contribution in [0.15, 0.2) is 66.7 Å². The van der Waals surface area contributed by atoms with Gasteiger partial charge in [-0.25, -0.2) is 4.79 Å². The molecule has 3 aromatic carbocycles. The molecular formula is C23H17NO5. The largest absolute Gasteiger partial charge is 0.497 e. The average molecular weight is 387 g/mol. The van der Waals surface area contributed by atoms with E-state index in [0.29, 0.717) is 16.4 Å². The number of nitrogens with zero attached hydrogens (tertiary/aromatic N) is 1. The summed E-state index contributed by atoms with van der Waals surface area (Å²) in [5.74, 6) is -1.70. The molecular weight excluding hydrogens is 370 g/mol. The van der Waals surface area contributed by atoms with Gasteiger partial charge in [-0.15, -0.1) is 0 Å². The van der Waals surface area contributed by atoms with Gasteiger partial charge in [-0.3, -0.25) is 9.59 Å². The molecule has 1 aliphatic heterocycles. The molecule has 0 saturated carbocycles. The number of hydrogen-bond acceptors (Lipinski definition) is 5. The lowest BCUT2D eigenvalue weighted by molar-refractivity contribution is -0.0584. The Balaban J connectivity index is 1.72. The Morgan fingerprint density at radius 1 is 0.793 bits per heavy atom. The number of benzene rings is 3. The van der Waals surface area contributed by atoms with Crippen LogP contribution in [-0.2, 0) is 4.84 Å². The summed E-state index contributed by atoms with van der Waals surface area (Å²) in [4.78, 5) is 43.3. The van der Waals surface area contributed by atoms with Crippen LogP contribution in [0.2, 0.25) is 0 Å². The van der Waals surface area contributed by atoms with E-state index in [4.69, 9.17) is 9.57 Å². The van der Waals surface area contributed by atoms with E-state index in [0.717, 1.165) is 11.1 Å². The third-order valence-electron chi connectivity index (χ3n) is 4.81. The number of methoxy groups -OCH3 is 1. The molecule has 1 aliphatic rings. The third-order valence-corrected chi connectivity index (χ3v) is 4.81. The number of rotatable bonds is 4. The number of aryl methyl sites for hydroxylation is 1. The Labute approximate surface area is 167 Å². The van der Waals surface area contributed by atoms with Gasteiger partial charge in [0.2, 0.25) is 0 Å². The highest BCUT2D eigenvalue weighted by Gasteiger charge is 2.39. The SMILES string of the molecule is COc1ccc(-c2ccccc2C)c(C(=O)ON2C(=O)c3ccccc3C2=O)c1. The predicted molar refractivity (Wildman–Crippen MR) is 106 cm³/mol. The second kappa shape index (κ2) is 7.24. The number of fused-ring (bicyclic) bond motifs is 1. The topological polar surface area (TPSA) is 72.9 Å². The van der Waals surface area contributed by atoms with Gasteiger partial charge in [0.05, 0.1) is 23.8 Å². The van der Waals surface area contributed by atoms with Crippen molar-refractivity contribution in [2.45, 2.75) is 6.92 Å². The zero-order chi connectivity index (χ0) is 20.5. The minimum Gasteiger partial charge on any atom is -0.497 e. The number of carbonyl (C=O) groups is 3. The van der Waals surface area contributed by atoms with Crippen LogP contribution in [0.5, 0.6) is 5.75 Å². The van der Waals surface area contributed by atoms with E-state index < -0.39 is 17.8 Å². The number of hydrogen-bond donors (Lipinski definition) is 0. The predicted octanol–water partition coefficient (Wildman–Crippen LogP) is 4.04. The average Bonchev–Trinajstić information content (AvgIpc) is 2.99. The van der Waals surface area contributed by atoms with Gasteiger partial charge in [-0.2, -0.15) is 0 Å². The van der Waals surface area contributed by atoms with Crippen LogP contribution in [0.1, 0.15) is 36.6 Å². The summed E-state index contributed by atoms with van der Waals surface area (Å²) in [6.07, 6.45) is 0. The van der Waals surface area contributed by atoms with Crippen LogP contribution in [0.25, 0.3) is 11.1 Å². The lowest BCUT2D eigenvalue weighted by Gasteiger charge is -2.16. The van der Waals surface area contributed by atoms with E-state index in [1.165, 1.54) is 25.3 Å². The first-order valence-electron chi connectivity index (χ1n) is 8.95. The van der Waals surface area contributed by atoms with Gasteiger partial charge in [-0.1, -0.05) is 41.5 Å². The van der Waals surface area contributed by atoms with Crippen molar-refractivity contribution >= 4 is 17.8 Å². The van der Waals surface area contributed by atoms with E-state index >= 15 is 0 Å². The third kappa shape index (κ3) is 3.14. The fourth-order valence-corrected chi connectivity index (χ4v) is 3.31. The molecule has 0 saturated heterocycles. The maximum atomic E-state index is 13.0. The maximum absolute atomic E-state index is 13.0. The highest BCUT2D eigenvalue weighted by atomic mass is 16.7. The summed E-state index contributed by atoms with van der Waals surface area (Å²) in [7, 11) is 1.49. The summed E-state index contributed by atoms with van der Waals surface area (Å²) in [5, 5.41) is 0.508. The second-order valence-corrected chi connectivity index (χ2v) is 6.56. The van der Waals surface area contributed by atoms with Crippen molar-refractivity contribution in [2.24, 2.45) is 0 Å². The summed E-state index contributed by atoms with van der Waals surface area (Å²) in [5.41, 5.74) is 3.02. The number of amides is 2. The second-order valence-electron chi connectivity index (χ2n) is 6.56. The Kier molecular flexibility index (Phi) is 4.60. The lowest BCUT2D eigenvalue weighted by atomic mass is 9.96. The molecule has 3 aromatic rings. The summed E-state index contributed by atoms with van der Waals surface area (Å²) >= 11 is 0. The van der Waals surface area contributed by atoms with Crippen molar-refractivity contribution in [2.75, 3.05) is 7.11 Å². The first-order valence-corrected chi connectivity index (χ1v) is 8.95. The van der Waals surface area contributed by atoms with Crippen LogP contribution in [-0.4, -0.2) is 30.0 Å². The van der Waals surface area contributed by atoms with Crippen LogP contribution in [0, 0.1) is 6.92 Å². The van der Waals surface area contributed by atoms with Gasteiger partial charge in [-0.05, 0) is 53.9 Å². The molecule has 1 heterocycles. The summed E-state index contributed by atoms with van der Waals surface area (Å²) in [6.45, 7) is 1.93. The van der Waals surface area contributed by atoms with Gasteiger partial charge in [0, 0.05) is 0 Å². The molecule has 144 valence electrons. The molecule has 0 radical (unpaired) electrons. The van der Waals surface area contributed by atoms with E-state index in [1.54, 1.807) is 24.3 Å². The minimum absolute atomic E-state index is 0.190. The Morgan fingerprint density at radius 3 is 1.97 bits per heavy atom. The molecule has 6 heteroatoms. The molecule has 0 fully saturated rings. The number of carbonyl (C=O) groups excluding carboxylic acids is 3. The first kappa shape index (κ1) is 18.4. The van der Waals surface area contributed by atoms with Gasteiger partial charge in [0.25, 0.3) is 11.8 Å². The van der Waals surface area contributed by atoms with Crippen LogP contribution in [0.3, 0.4) is 0 Å². The smallest absolute Gasteiger partial charge is 0.364 e. The van der Waals surface area contributed by atoms with Crippen LogP contribution >= 0.6 is 0 Å². The van der Waals surface area contributed by atoms with Gasteiger partial charge in [0.1, 0.15) is 5.75 Å². The fourth-order valence-electron chi connectivity index (χ4n) is 3.31. The zero-order valence-electron chi connectivity index (χ0n) is 15.8. The Bertz CT molecular complexity index is 1120. The lowest BCUT2D eigenvalue weighted by Crippen LogP contribution is -2.32. The zero-order valence-corrected chi connectivity index (χ0v) is 15.8. The molecule has 29 heavy (non-hydrogen) atoms. The van der Waals surface area contributed by atoms with Crippen molar-refractivity contribution in [3.05, 3.63) is 89.0 Å². The quantitative estimate of drug-likeness (QED) is 0.632. The summed E-state index contributed by atoms with van der Waals surface area (Å²) < 4.78 is 5.23.